The monoisotopic (exact) mass is 635 g/mol. The number of amides is 2. The highest BCUT2D eigenvalue weighted by Crippen LogP contribution is 2.46. The van der Waals surface area contributed by atoms with E-state index in [9.17, 15) is 9.59 Å². The predicted octanol–water partition coefficient (Wildman–Crippen LogP) is 6.42. The second-order valence-corrected chi connectivity index (χ2v) is 12.8. The molecule has 5 rings (SSSR count). The average molecular weight is 638 g/mol. The number of hydrogen-bond donors (Lipinski definition) is 1. The maximum atomic E-state index is 13.3. The van der Waals surface area contributed by atoms with Crippen LogP contribution in [0.1, 0.15) is 73.8 Å². The summed E-state index contributed by atoms with van der Waals surface area (Å²) >= 11 is 13.9. The molecule has 2 aliphatic carbocycles. The van der Waals surface area contributed by atoms with Gasteiger partial charge in [0.25, 0.3) is 0 Å². The van der Waals surface area contributed by atoms with E-state index in [2.05, 4.69) is 54.2 Å². The Balaban J connectivity index is 1.32. The molecule has 0 unspecified atom stereocenters. The van der Waals surface area contributed by atoms with Gasteiger partial charge in [0.15, 0.2) is 0 Å². The van der Waals surface area contributed by atoms with Gasteiger partial charge < -0.3 is 10.2 Å². The van der Waals surface area contributed by atoms with Crippen LogP contribution in [0.5, 0.6) is 0 Å². The van der Waals surface area contributed by atoms with Gasteiger partial charge in [0.1, 0.15) is 0 Å². The molecule has 0 spiro atoms. The number of aryl methyl sites for hydroxylation is 2. The molecule has 2 amide bonds. The van der Waals surface area contributed by atoms with Crippen molar-refractivity contribution < 1.29 is 9.59 Å². The Morgan fingerprint density at radius 2 is 1.69 bits per heavy atom. The van der Waals surface area contributed by atoms with Crippen LogP contribution >= 0.6 is 43.5 Å². The fraction of sp³-hybridized carbons (Fsp3) is 0.536. The standard InChI is InChI=1S/C28H32Br2ClN3O2/c1-16(35)33-23-6-4-18(5-7-23)28(36)34-10-8-17(9-11-34)26-25-19(13-22(31)14-24(25)30)2-3-20-12-21(29)15-32-27(20)26/h12-15,17-18,23,26H,2-11H2,1H3,(H,33,35)/t18?,23?,26-/m1/s1. The first-order chi connectivity index (χ1) is 17.3. The van der Waals surface area contributed by atoms with E-state index in [-0.39, 0.29) is 23.8 Å². The highest BCUT2D eigenvalue weighted by Gasteiger charge is 2.38. The first-order valence-corrected chi connectivity index (χ1v) is 14.9. The van der Waals surface area contributed by atoms with Gasteiger partial charge >= 0.3 is 0 Å². The topological polar surface area (TPSA) is 62.3 Å². The number of halogens is 3. The minimum Gasteiger partial charge on any atom is -0.354 e. The number of likely N-dealkylation sites (tertiary alicyclic amines) is 1. The van der Waals surface area contributed by atoms with Gasteiger partial charge in [-0.25, -0.2) is 0 Å². The Labute approximate surface area is 235 Å². The number of aromatic nitrogens is 1. The van der Waals surface area contributed by atoms with Gasteiger partial charge in [0.05, 0.1) is 5.69 Å². The number of nitrogens with zero attached hydrogens (tertiary/aromatic N) is 2. The number of rotatable bonds is 3. The third-order valence-electron chi connectivity index (χ3n) is 8.22. The molecule has 0 radical (unpaired) electrons. The molecule has 2 fully saturated rings. The molecule has 1 saturated carbocycles. The Bertz CT molecular complexity index is 1160. The van der Waals surface area contributed by atoms with Crippen molar-refractivity contribution in [2.24, 2.45) is 11.8 Å². The van der Waals surface area contributed by atoms with Crippen molar-refractivity contribution in [1.82, 2.24) is 15.2 Å². The van der Waals surface area contributed by atoms with Gasteiger partial charge in [-0.2, -0.15) is 0 Å². The Hall–Kier alpha value is -1.44. The molecular formula is C28H32Br2ClN3O2. The van der Waals surface area contributed by atoms with E-state index in [1.165, 1.54) is 22.4 Å². The number of carbonyl (C=O) groups is 2. The van der Waals surface area contributed by atoms with Crippen LogP contribution in [-0.2, 0) is 22.4 Å². The number of hydrogen-bond acceptors (Lipinski definition) is 3. The molecule has 192 valence electrons. The number of nitrogens with one attached hydrogen (secondary N) is 1. The van der Waals surface area contributed by atoms with Crippen LogP contribution in [0.25, 0.3) is 0 Å². The average Bonchev–Trinajstić information content (AvgIpc) is 3.00. The van der Waals surface area contributed by atoms with Crippen molar-refractivity contribution in [3.8, 4) is 0 Å². The Kier molecular flexibility index (Phi) is 8.09. The van der Waals surface area contributed by atoms with Gasteiger partial charge in [-0.1, -0.05) is 27.5 Å². The number of pyridine rings is 1. The minimum atomic E-state index is 0.0178. The summed E-state index contributed by atoms with van der Waals surface area (Å²) in [7, 11) is 0. The number of fused-ring (bicyclic) bond motifs is 2. The van der Waals surface area contributed by atoms with Crippen LogP contribution in [0, 0.1) is 11.8 Å². The Morgan fingerprint density at radius 1 is 1.00 bits per heavy atom. The zero-order chi connectivity index (χ0) is 25.4. The predicted molar refractivity (Wildman–Crippen MR) is 149 cm³/mol. The van der Waals surface area contributed by atoms with Crippen LogP contribution in [0.15, 0.2) is 33.3 Å². The second-order valence-electron chi connectivity index (χ2n) is 10.5. The van der Waals surface area contributed by atoms with E-state index in [4.69, 9.17) is 16.6 Å². The fourth-order valence-electron chi connectivity index (χ4n) is 6.51. The van der Waals surface area contributed by atoms with Crippen LogP contribution in [0.3, 0.4) is 0 Å². The zero-order valence-electron chi connectivity index (χ0n) is 20.5. The van der Waals surface area contributed by atoms with E-state index >= 15 is 0 Å². The highest BCUT2D eigenvalue weighted by molar-refractivity contribution is 9.10. The van der Waals surface area contributed by atoms with Gasteiger partial charge in [0.2, 0.25) is 11.8 Å². The molecule has 1 atom stereocenters. The number of carbonyl (C=O) groups excluding carboxylic acids is 2. The molecule has 1 aromatic heterocycles. The van der Waals surface area contributed by atoms with E-state index in [0.29, 0.717) is 11.8 Å². The van der Waals surface area contributed by atoms with Crippen LogP contribution in [0.4, 0.5) is 0 Å². The molecule has 1 N–H and O–H groups in total. The first kappa shape index (κ1) is 26.2. The summed E-state index contributed by atoms with van der Waals surface area (Å²) in [6.07, 6.45) is 9.22. The molecule has 0 bridgehead atoms. The van der Waals surface area contributed by atoms with Crippen molar-refractivity contribution >= 4 is 55.3 Å². The normalized spacial score (nSPS) is 24.4. The maximum absolute atomic E-state index is 13.3. The smallest absolute Gasteiger partial charge is 0.225 e. The Morgan fingerprint density at radius 3 is 2.39 bits per heavy atom. The molecule has 3 aliphatic rings. The molecule has 5 nitrogen and oxygen atoms in total. The summed E-state index contributed by atoms with van der Waals surface area (Å²) in [6, 6.07) is 6.55. The SMILES string of the molecule is CC(=O)NC1CCC(C(=O)N2CCC([C@H]3c4ncc(Br)cc4CCc4cc(Cl)cc(Br)c43)CC2)CC1. The lowest BCUT2D eigenvalue weighted by Crippen LogP contribution is -2.45. The third kappa shape index (κ3) is 5.53. The molecule has 2 aromatic rings. The van der Waals surface area contributed by atoms with Gasteiger partial charge in [0, 0.05) is 58.1 Å². The highest BCUT2D eigenvalue weighted by atomic mass is 79.9. The lowest BCUT2D eigenvalue weighted by atomic mass is 9.76. The molecule has 36 heavy (non-hydrogen) atoms. The van der Waals surface area contributed by atoms with Crippen LogP contribution in [0.2, 0.25) is 5.02 Å². The molecular weight excluding hydrogens is 606 g/mol. The third-order valence-corrected chi connectivity index (χ3v) is 9.53. The first-order valence-electron chi connectivity index (χ1n) is 13.0. The van der Waals surface area contributed by atoms with Crippen molar-refractivity contribution in [3.05, 3.63) is 60.7 Å². The van der Waals surface area contributed by atoms with E-state index in [1.54, 1.807) is 6.92 Å². The summed E-state index contributed by atoms with van der Waals surface area (Å²) in [6.45, 7) is 3.14. The minimum absolute atomic E-state index is 0.0178. The van der Waals surface area contributed by atoms with Gasteiger partial charge in [-0.05, 0) is 108 Å². The summed E-state index contributed by atoms with van der Waals surface area (Å²) in [4.78, 5) is 31.7. The van der Waals surface area contributed by atoms with E-state index in [1.807, 2.05) is 12.3 Å². The van der Waals surface area contributed by atoms with Crippen molar-refractivity contribution in [1.29, 1.82) is 0 Å². The second kappa shape index (κ2) is 11.1. The largest absolute Gasteiger partial charge is 0.354 e. The quantitative estimate of drug-likeness (QED) is 0.423. The lowest BCUT2D eigenvalue weighted by molar-refractivity contribution is -0.138. The molecule has 1 aromatic carbocycles. The molecule has 2 heterocycles. The molecule has 1 saturated heterocycles. The summed E-state index contributed by atoms with van der Waals surface area (Å²) < 4.78 is 2.07. The van der Waals surface area contributed by atoms with Crippen LogP contribution < -0.4 is 5.32 Å². The van der Waals surface area contributed by atoms with E-state index in [0.717, 1.165) is 78.4 Å². The van der Waals surface area contributed by atoms with E-state index < -0.39 is 0 Å². The van der Waals surface area contributed by atoms with Gasteiger partial charge in [-0.3, -0.25) is 14.6 Å². The fourth-order valence-corrected chi connectivity index (χ4v) is 8.01. The van der Waals surface area contributed by atoms with Crippen LogP contribution in [-0.4, -0.2) is 40.8 Å². The summed E-state index contributed by atoms with van der Waals surface area (Å²) in [5.41, 5.74) is 5.07. The summed E-state index contributed by atoms with van der Waals surface area (Å²) in [5, 5.41) is 3.77. The number of benzene rings is 1. The van der Waals surface area contributed by atoms with Crippen molar-refractivity contribution in [3.63, 3.8) is 0 Å². The maximum Gasteiger partial charge on any atom is 0.225 e. The number of piperidine rings is 1. The molecule has 8 heteroatoms. The van der Waals surface area contributed by atoms with Crippen molar-refractivity contribution in [2.75, 3.05) is 13.1 Å². The lowest BCUT2D eigenvalue weighted by Gasteiger charge is -2.39. The zero-order valence-corrected chi connectivity index (χ0v) is 24.5. The van der Waals surface area contributed by atoms with Gasteiger partial charge in [-0.15, -0.1) is 0 Å². The summed E-state index contributed by atoms with van der Waals surface area (Å²) in [5.74, 6) is 0.991. The van der Waals surface area contributed by atoms with Crippen molar-refractivity contribution in [2.45, 2.75) is 70.3 Å². The molecule has 1 aliphatic heterocycles.